The van der Waals surface area contributed by atoms with Crippen LogP contribution in [-0.2, 0) is 0 Å². The number of carbonyl (C=O) groups excluding carboxylic acids is 1. The van der Waals surface area contributed by atoms with E-state index in [9.17, 15) is 9.59 Å². The minimum atomic E-state index is -1.11. The van der Waals surface area contributed by atoms with Crippen molar-refractivity contribution in [3.05, 3.63) is 29.6 Å². The average molecular weight is 300 g/mol. The van der Waals surface area contributed by atoms with Crippen LogP contribution >= 0.6 is 0 Å². The Hall–Kier alpha value is -1.91. The normalized spacial score (nSPS) is 35.4. The molecule has 1 aromatic heterocycles. The first kappa shape index (κ1) is 13.7. The number of nitrogens with one attached hydrogen (secondary N) is 1. The summed E-state index contributed by atoms with van der Waals surface area (Å²) in [7, 11) is 0. The van der Waals surface area contributed by atoms with Crippen LogP contribution in [-0.4, -0.2) is 28.0 Å². The zero-order valence-corrected chi connectivity index (χ0v) is 12.4. The summed E-state index contributed by atoms with van der Waals surface area (Å²) < 4.78 is 0. The molecule has 0 aromatic carbocycles. The van der Waals surface area contributed by atoms with Crippen molar-refractivity contribution in [3.8, 4) is 0 Å². The van der Waals surface area contributed by atoms with Gasteiger partial charge in [0, 0.05) is 6.04 Å². The molecule has 5 nitrogen and oxygen atoms in total. The molecular formula is C17H20N2O3. The summed E-state index contributed by atoms with van der Waals surface area (Å²) >= 11 is 0. The molecule has 22 heavy (non-hydrogen) atoms. The number of carboxylic acid groups (broad SMARTS) is 1. The van der Waals surface area contributed by atoms with E-state index in [1.54, 1.807) is 12.1 Å². The maximum absolute atomic E-state index is 12.4. The Bertz CT molecular complexity index is 630. The predicted molar refractivity (Wildman–Crippen MR) is 79.5 cm³/mol. The highest BCUT2D eigenvalue weighted by atomic mass is 16.4. The Morgan fingerprint density at radius 2 is 1.86 bits per heavy atom. The number of aromatic nitrogens is 1. The molecule has 116 valence electrons. The van der Waals surface area contributed by atoms with Crippen LogP contribution in [0.25, 0.3) is 0 Å². The van der Waals surface area contributed by atoms with Crippen LogP contribution < -0.4 is 5.32 Å². The highest BCUT2D eigenvalue weighted by molar-refractivity contribution is 5.94. The number of pyridine rings is 1. The molecule has 2 N–H and O–H groups in total. The number of amides is 1. The zero-order valence-electron chi connectivity index (χ0n) is 12.4. The Kier molecular flexibility index (Phi) is 3.17. The van der Waals surface area contributed by atoms with Gasteiger partial charge >= 0.3 is 5.97 Å². The number of carbonyl (C=O) groups is 2. The second kappa shape index (κ2) is 5.07. The molecule has 3 aliphatic carbocycles. The van der Waals surface area contributed by atoms with Crippen molar-refractivity contribution in [2.24, 2.45) is 23.7 Å². The van der Waals surface area contributed by atoms with Gasteiger partial charge in [0.1, 0.15) is 11.4 Å². The van der Waals surface area contributed by atoms with Crippen LogP contribution in [0.15, 0.2) is 18.2 Å². The third-order valence-electron chi connectivity index (χ3n) is 5.95. The fraction of sp³-hybridized carbons (Fsp3) is 0.588. The summed E-state index contributed by atoms with van der Waals surface area (Å²) in [4.78, 5) is 27.3. The van der Waals surface area contributed by atoms with Gasteiger partial charge in [-0.3, -0.25) is 4.79 Å². The first-order chi connectivity index (χ1) is 10.6. The molecule has 0 saturated heterocycles. The van der Waals surface area contributed by atoms with Gasteiger partial charge in [-0.2, -0.15) is 0 Å². The molecule has 3 fully saturated rings. The van der Waals surface area contributed by atoms with E-state index in [2.05, 4.69) is 10.3 Å². The third-order valence-corrected chi connectivity index (χ3v) is 5.95. The molecule has 1 aromatic rings. The van der Waals surface area contributed by atoms with E-state index in [4.69, 9.17) is 5.11 Å². The molecule has 3 saturated carbocycles. The molecule has 0 radical (unpaired) electrons. The summed E-state index contributed by atoms with van der Waals surface area (Å²) in [6, 6.07) is 4.79. The Morgan fingerprint density at radius 1 is 1.09 bits per heavy atom. The SMILES string of the molecule is O=C(O)c1cccc(C(=O)NC2CC3CC2C2CCCC32)n1. The van der Waals surface area contributed by atoms with E-state index in [1.165, 1.54) is 31.7 Å². The lowest BCUT2D eigenvalue weighted by atomic mass is 9.79. The van der Waals surface area contributed by atoms with Gasteiger partial charge in [0.25, 0.3) is 5.91 Å². The van der Waals surface area contributed by atoms with Gasteiger partial charge in [-0.05, 0) is 61.5 Å². The smallest absolute Gasteiger partial charge is 0.354 e. The molecule has 5 heteroatoms. The van der Waals surface area contributed by atoms with Crippen molar-refractivity contribution in [2.45, 2.75) is 38.1 Å². The van der Waals surface area contributed by atoms with Crippen molar-refractivity contribution < 1.29 is 14.7 Å². The molecule has 0 spiro atoms. The Labute approximate surface area is 129 Å². The van der Waals surface area contributed by atoms with Crippen LogP contribution in [0.4, 0.5) is 0 Å². The maximum atomic E-state index is 12.4. The summed E-state index contributed by atoms with van der Waals surface area (Å²) in [5.74, 6) is 1.73. The second-order valence-corrected chi connectivity index (χ2v) is 6.95. The molecule has 2 bridgehead atoms. The molecule has 3 aliphatic rings. The van der Waals surface area contributed by atoms with E-state index < -0.39 is 5.97 Å². The number of fused-ring (bicyclic) bond motifs is 5. The van der Waals surface area contributed by atoms with Crippen molar-refractivity contribution >= 4 is 11.9 Å². The largest absolute Gasteiger partial charge is 0.477 e. The summed E-state index contributed by atoms with van der Waals surface area (Å²) in [6.45, 7) is 0. The van der Waals surface area contributed by atoms with Gasteiger partial charge in [0.2, 0.25) is 0 Å². The van der Waals surface area contributed by atoms with Gasteiger partial charge in [-0.25, -0.2) is 9.78 Å². The number of rotatable bonds is 3. The van der Waals surface area contributed by atoms with Crippen molar-refractivity contribution in [3.63, 3.8) is 0 Å². The summed E-state index contributed by atoms with van der Waals surface area (Å²) in [6.07, 6.45) is 6.35. The monoisotopic (exact) mass is 300 g/mol. The topological polar surface area (TPSA) is 79.3 Å². The quantitative estimate of drug-likeness (QED) is 0.898. The maximum Gasteiger partial charge on any atom is 0.354 e. The third kappa shape index (κ3) is 2.11. The average Bonchev–Trinajstić information content (AvgIpc) is 3.19. The molecule has 0 aliphatic heterocycles. The van der Waals surface area contributed by atoms with Crippen LogP contribution in [0.5, 0.6) is 0 Å². The minimum absolute atomic E-state index is 0.0866. The number of carboxylic acids is 1. The molecule has 5 unspecified atom stereocenters. The number of aromatic carboxylic acids is 1. The lowest BCUT2D eigenvalue weighted by Gasteiger charge is -2.32. The highest BCUT2D eigenvalue weighted by Crippen LogP contribution is 2.58. The highest BCUT2D eigenvalue weighted by Gasteiger charge is 2.54. The first-order valence-corrected chi connectivity index (χ1v) is 8.14. The minimum Gasteiger partial charge on any atom is -0.477 e. The predicted octanol–water partition coefficient (Wildman–Crippen LogP) is 2.33. The number of hydrogen-bond donors (Lipinski definition) is 2. The zero-order chi connectivity index (χ0) is 15.3. The number of hydrogen-bond acceptors (Lipinski definition) is 3. The fourth-order valence-corrected chi connectivity index (χ4v) is 5.16. The van der Waals surface area contributed by atoms with E-state index in [-0.39, 0.29) is 23.3 Å². The molecular weight excluding hydrogens is 280 g/mol. The first-order valence-electron chi connectivity index (χ1n) is 8.14. The Morgan fingerprint density at radius 3 is 2.68 bits per heavy atom. The van der Waals surface area contributed by atoms with Gasteiger partial charge in [-0.1, -0.05) is 12.5 Å². The van der Waals surface area contributed by atoms with Crippen LogP contribution in [0.1, 0.15) is 53.1 Å². The molecule has 1 heterocycles. The second-order valence-electron chi connectivity index (χ2n) is 6.95. The molecule has 5 atom stereocenters. The van der Waals surface area contributed by atoms with Gasteiger partial charge in [-0.15, -0.1) is 0 Å². The summed E-state index contributed by atoms with van der Waals surface area (Å²) in [5, 5.41) is 12.1. The van der Waals surface area contributed by atoms with E-state index in [0.29, 0.717) is 5.92 Å². The summed E-state index contributed by atoms with van der Waals surface area (Å²) in [5.41, 5.74) is 0.113. The fourth-order valence-electron chi connectivity index (χ4n) is 5.16. The Balaban J connectivity index is 1.47. The number of nitrogens with zero attached hydrogens (tertiary/aromatic N) is 1. The van der Waals surface area contributed by atoms with Gasteiger partial charge < -0.3 is 10.4 Å². The standard InChI is InChI=1S/C17H20N2O3/c20-16(13-5-2-6-14(18-13)17(21)22)19-15-8-9-7-12(15)11-4-1-3-10(9)11/h2,5-6,9-12,15H,1,3-4,7-8H2,(H,19,20)(H,21,22). The molecule has 4 rings (SSSR count). The molecule has 1 amide bonds. The van der Waals surface area contributed by atoms with Crippen LogP contribution in [0.3, 0.4) is 0 Å². The van der Waals surface area contributed by atoms with E-state index in [0.717, 1.165) is 24.2 Å². The van der Waals surface area contributed by atoms with Crippen molar-refractivity contribution in [2.75, 3.05) is 0 Å². The van der Waals surface area contributed by atoms with Crippen LogP contribution in [0, 0.1) is 23.7 Å². The van der Waals surface area contributed by atoms with Gasteiger partial charge in [0.15, 0.2) is 0 Å². The lowest BCUT2D eigenvalue weighted by molar-refractivity contribution is 0.0690. The van der Waals surface area contributed by atoms with E-state index >= 15 is 0 Å². The lowest BCUT2D eigenvalue weighted by Crippen LogP contribution is -2.42. The van der Waals surface area contributed by atoms with Crippen molar-refractivity contribution in [1.29, 1.82) is 0 Å². The van der Waals surface area contributed by atoms with Crippen molar-refractivity contribution in [1.82, 2.24) is 10.3 Å². The van der Waals surface area contributed by atoms with Gasteiger partial charge in [0.05, 0.1) is 0 Å². The van der Waals surface area contributed by atoms with Crippen LogP contribution in [0.2, 0.25) is 0 Å². The van der Waals surface area contributed by atoms with E-state index in [1.807, 2.05) is 0 Å².